The summed E-state index contributed by atoms with van der Waals surface area (Å²) in [6.07, 6.45) is 23.9. The van der Waals surface area contributed by atoms with E-state index < -0.39 is 5.97 Å². The Kier molecular flexibility index (Phi) is 19.4. The third-order valence-electron chi connectivity index (χ3n) is 5.41. The molecular weight excluding hydrogens is 308 g/mol. The molecule has 0 aliphatic carbocycles. The predicted molar refractivity (Wildman–Crippen MR) is 110 cm³/mol. The van der Waals surface area contributed by atoms with Gasteiger partial charge in [-0.15, -0.1) is 0 Å². The molecule has 0 aromatic rings. The van der Waals surface area contributed by atoms with Gasteiger partial charge in [-0.2, -0.15) is 0 Å². The second kappa shape index (κ2) is 19.8. The van der Waals surface area contributed by atoms with Crippen molar-refractivity contribution in [2.75, 3.05) is 0 Å². The summed E-state index contributed by atoms with van der Waals surface area (Å²) in [6.45, 7) is 4.50. The topological polar surface area (TPSA) is 37.3 Å². The molecule has 1 atom stereocenters. The standard InChI is InChI=1S/C23H46O2/c1-3-5-7-9-11-12-13-14-15-17-19-21-22(23(24)25)20-18-16-10-8-6-4-2/h22H,3-21H2,1-2H3,(H,24,25). The van der Waals surface area contributed by atoms with Gasteiger partial charge in [-0.3, -0.25) is 4.79 Å². The van der Waals surface area contributed by atoms with Crippen LogP contribution in [0.4, 0.5) is 0 Å². The number of hydrogen-bond donors (Lipinski definition) is 1. The first kappa shape index (κ1) is 24.5. The Morgan fingerprint density at radius 3 is 1.12 bits per heavy atom. The molecule has 0 aromatic carbocycles. The van der Waals surface area contributed by atoms with Gasteiger partial charge in [0, 0.05) is 0 Å². The highest BCUT2D eigenvalue weighted by Crippen LogP contribution is 2.19. The van der Waals surface area contributed by atoms with Crippen molar-refractivity contribution >= 4 is 5.97 Å². The molecule has 0 saturated heterocycles. The summed E-state index contributed by atoms with van der Waals surface area (Å²) in [5, 5.41) is 9.38. The largest absolute Gasteiger partial charge is 0.481 e. The lowest BCUT2D eigenvalue weighted by Crippen LogP contribution is -2.13. The zero-order valence-electron chi connectivity index (χ0n) is 17.4. The van der Waals surface area contributed by atoms with E-state index in [2.05, 4.69) is 13.8 Å². The molecular formula is C23H46O2. The van der Waals surface area contributed by atoms with Gasteiger partial charge in [0.25, 0.3) is 0 Å². The molecule has 0 rings (SSSR count). The molecule has 0 heterocycles. The van der Waals surface area contributed by atoms with Crippen LogP contribution in [0.25, 0.3) is 0 Å². The molecule has 0 spiro atoms. The molecule has 150 valence electrons. The van der Waals surface area contributed by atoms with Crippen LogP contribution >= 0.6 is 0 Å². The van der Waals surface area contributed by atoms with Crippen molar-refractivity contribution in [1.29, 1.82) is 0 Å². The first-order chi connectivity index (χ1) is 12.2. The molecule has 0 radical (unpaired) electrons. The fraction of sp³-hybridized carbons (Fsp3) is 0.957. The minimum Gasteiger partial charge on any atom is -0.481 e. The van der Waals surface area contributed by atoms with Crippen LogP contribution in [-0.4, -0.2) is 11.1 Å². The summed E-state index contributed by atoms with van der Waals surface area (Å²) in [4.78, 5) is 11.4. The summed E-state index contributed by atoms with van der Waals surface area (Å²) >= 11 is 0. The summed E-state index contributed by atoms with van der Waals surface area (Å²) in [5.74, 6) is -0.662. The molecule has 0 aromatic heterocycles. The maximum Gasteiger partial charge on any atom is 0.306 e. The van der Waals surface area contributed by atoms with Gasteiger partial charge < -0.3 is 5.11 Å². The number of carboxylic acids is 1. The van der Waals surface area contributed by atoms with Crippen LogP contribution < -0.4 is 0 Å². The maximum atomic E-state index is 11.4. The minimum absolute atomic E-state index is 0.0928. The zero-order valence-corrected chi connectivity index (χ0v) is 17.4. The number of hydrogen-bond acceptors (Lipinski definition) is 1. The van der Waals surface area contributed by atoms with E-state index >= 15 is 0 Å². The van der Waals surface area contributed by atoms with E-state index in [9.17, 15) is 9.90 Å². The van der Waals surface area contributed by atoms with E-state index in [1.165, 1.54) is 96.3 Å². The SMILES string of the molecule is CCCCCCCCCCCCCC(CCCCCCCC)C(=O)O. The highest BCUT2D eigenvalue weighted by Gasteiger charge is 2.16. The zero-order chi connectivity index (χ0) is 18.6. The lowest BCUT2D eigenvalue weighted by Gasteiger charge is -2.12. The number of aliphatic carboxylic acids is 1. The van der Waals surface area contributed by atoms with Gasteiger partial charge in [0.05, 0.1) is 5.92 Å². The number of carboxylic acid groups (broad SMARTS) is 1. The third kappa shape index (κ3) is 18.1. The number of unbranched alkanes of at least 4 members (excludes halogenated alkanes) is 15. The molecule has 0 fully saturated rings. The number of rotatable bonds is 20. The van der Waals surface area contributed by atoms with Gasteiger partial charge in [-0.1, -0.05) is 123 Å². The van der Waals surface area contributed by atoms with Crippen LogP contribution in [0, 0.1) is 5.92 Å². The highest BCUT2D eigenvalue weighted by atomic mass is 16.4. The van der Waals surface area contributed by atoms with Crippen LogP contribution in [0.3, 0.4) is 0 Å². The molecule has 1 N–H and O–H groups in total. The first-order valence-electron chi connectivity index (χ1n) is 11.4. The normalized spacial score (nSPS) is 12.4. The smallest absolute Gasteiger partial charge is 0.306 e. The Morgan fingerprint density at radius 1 is 0.560 bits per heavy atom. The predicted octanol–water partition coefficient (Wildman–Crippen LogP) is 8.14. The van der Waals surface area contributed by atoms with Gasteiger partial charge in [-0.05, 0) is 12.8 Å². The van der Waals surface area contributed by atoms with Gasteiger partial charge in [0.15, 0.2) is 0 Å². The van der Waals surface area contributed by atoms with Crippen LogP contribution in [0.15, 0.2) is 0 Å². The summed E-state index contributed by atoms with van der Waals surface area (Å²) < 4.78 is 0. The second-order valence-corrected chi connectivity index (χ2v) is 7.92. The highest BCUT2D eigenvalue weighted by molar-refractivity contribution is 5.69. The van der Waals surface area contributed by atoms with E-state index in [0.717, 1.165) is 25.7 Å². The third-order valence-corrected chi connectivity index (χ3v) is 5.41. The molecule has 2 heteroatoms. The first-order valence-corrected chi connectivity index (χ1v) is 11.4. The fourth-order valence-corrected chi connectivity index (χ4v) is 3.62. The molecule has 0 aliphatic heterocycles. The summed E-state index contributed by atoms with van der Waals surface area (Å²) in [7, 11) is 0. The summed E-state index contributed by atoms with van der Waals surface area (Å²) in [5.41, 5.74) is 0. The van der Waals surface area contributed by atoms with Crippen molar-refractivity contribution in [3.63, 3.8) is 0 Å². The Bertz CT molecular complexity index is 275. The van der Waals surface area contributed by atoms with Gasteiger partial charge in [0.1, 0.15) is 0 Å². The van der Waals surface area contributed by atoms with Gasteiger partial charge >= 0.3 is 5.97 Å². The van der Waals surface area contributed by atoms with Crippen LogP contribution in [0.1, 0.15) is 136 Å². The average molecular weight is 355 g/mol. The van der Waals surface area contributed by atoms with E-state index in [1.54, 1.807) is 0 Å². The molecule has 0 aliphatic rings. The maximum absolute atomic E-state index is 11.4. The average Bonchev–Trinajstić information content (AvgIpc) is 2.60. The van der Waals surface area contributed by atoms with Crippen molar-refractivity contribution < 1.29 is 9.90 Å². The lowest BCUT2D eigenvalue weighted by atomic mass is 9.94. The van der Waals surface area contributed by atoms with Crippen molar-refractivity contribution in [2.45, 2.75) is 136 Å². The molecule has 0 bridgehead atoms. The fourth-order valence-electron chi connectivity index (χ4n) is 3.62. The second-order valence-electron chi connectivity index (χ2n) is 7.92. The summed E-state index contributed by atoms with van der Waals surface area (Å²) in [6, 6.07) is 0. The molecule has 2 nitrogen and oxygen atoms in total. The lowest BCUT2D eigenvalue weighted by molar-refractivity contribution is -0.142. The Morgan fingerprint density at radius 2 is 0.840 bits per heavy atom. The van der Waals surface area contributed by atoms with Crippen molar-refractivity contribution in [2.24, 2.45) is 5.92 Å². The van der Waals surface area contributed by atoms with Crippen LogP contribution in [-0.2, 0) is 4.79 Å². The number of carbonyl (C=O) groups is 1. The Labute approximate surface area is 158 Å². The van der Waals surface area contributed by atoms with Gasteiger partial charge in [-0.25, -0.2) is 0 Å². The van der Waals surface area contributed by atoms with E-state index in [1.807, 2.05) is 0 Å². The molecule has 25 heavy (non-hydrogen) atoms. The van der Waals surface area contributed by atoms with E-state index in [4.69, 9.17) is 0 Å². The van der Waals surface area contributed by atoms with Crippen molar-refractivity contribution in [3.8, 4) is 0 Å². The van der Waals surface area contributed by atoms with Crippen molar-refractivity contribution in [3.05, 3.63) is 0 Å². The van der Waals surface area contributed by atoms with Gasteiger partial charge in [0.2, 0.25) is 0 Å². The minimum atomic E-state index is -0.569. The molecule has 0 amide bonds. The van der Waals surface area contributed by atoms with Crippen LogP contribution in [0.5, 0.6) is 0 Å². The quantitative estimate of drug-likeness (QED) is 0.224. The van der Waals surface area contributed by atoms with Crippen LogP contribution in [0.2, 0.25) is 0 Å². The molecule has 0 saturated carbocycles. The monoisotopic (exact) mass is 354 g/mol. The molecule has 1 unspecified atom stereocenters. The van der Waals surface area contributed by atoms with Crippen molar-refractivity contribution in [1.82, 2.24) is 0 Å². The van der Waals surface area contributed by atoms with E-state index in [0.29, 0.717) is 0 Å². The Hall–Kier alpha value is -0.530. The Balaban J connectivity index is 3.44. The van der Waals surface area contributed by atoms with E-state index in [-0.39, 0.29) is 5.92 Å².